The van der Waals surface area contributed by atoms with Crippen LogP contribution in [0, 0.1) is 11.3 Å². The summed E-state index contributed by atoms with van der Waals surface area (Å²) < 4.78 is 15.8. The van der Waals surface area contributed by atoms with Crippen LogP contribution in [0.15, 0.2) is 489 Å². The molecule has 0 saturated carbocycles. The summed E-state index contributed by atoms with van der Waals surface area (Å²) in [5.74, 6) is 1.70. The van der Waals surface area contributed by atoms with E-state index in [0.29, 0.717) is 5.56 Å². The van der Waals surface area contributed by atoms with Gasteiger partial charge in [0.1, 0.15) is 0 Å². The Bertz CT molecular complexity index is 8250. The Kier molecular flexibility index (Phi) is 19.1. The Balaban J connectivity index is 0.000000110. The van der Waals surface area contributed by atoms with Crippen LogP contribution in [0.5, 0.6) is 11.5 Å². The quantitative estimate of drug-likeness (QED) is 0.129. The third-order valence-corrected chi connectivity index (χ3v) is 26.6. The highest BCUT2D eigenvalue weighted by atomic mass is 32.2. The van der Waals surface area contributed by atoms with Gasteiger partial charge in [0.2, 0.25) is 0 Å². The lowest BCUT2D eigenvalue weighted by molar-refractivity contribution is 0.477. The third kappa shape index (κ3) is 13.5. The number of fused-ring (bicyclic) bond motifs is 16. The molecular formula is C121H79N7OS. The fraction of sp³-hybridized carbons (Fsp3) is 0. The molecule has 2 aliphatic heterocycles. The molecule has 4 aromatic heterocycles. The first-order valence-electron chi connectivity index (χ1n) is 44.0. The van der Waals surface area contributed by atoms with Crippen molar-refractivity contribution in [1.82, 2.24) is 18.3 Å². The second kappa shape index (κ2) is 32.4. The van der Waals surface area contributed by atoms with E-state index in [1.165, 1.54) is 159 Å². The van der Waals surface area contributed by atoms with Crippen LogP contribution in [0.3, 0.4) is 0 Å². The van der Waals surface area contributed by atoms with Gasteiger partial charge in [0.25, 0.3) is 0 Å². The van der Waals surface area contributed by atoms with Gasteiger partial charge in [0, 0.05) is 87.0 Å². The van der Waals surface area contributed by atoms with Gasteiger partial charge >= 0.3 is 0 Å². The molecule has 0 N–H and O–H groups in total. The maximum Gasteiger partial charge on any atom is 0.152 e. The van der Waals surface area contributed by atoms with Crippen LogP contribution < -0.4 is 14.5 Å². The molecule has 0 amide bonds. The molecule has 24 aromatic rings. The average Bonchev–Trinajstić information content (AvgIpc) is 1.70. The number of aromatic nitrogens is 4. The predicted octanol–water partition coefficient (Wildman–Crippen LogP) is 33.2. The van der Waals surface area contributed by atoms with Crippen molar-refractivity contribution in [2.45, 2.75) is 9.79 Å². The summed E-state index contributed by atoms with van der Waals surface area (Å²) in [7, 11) is 0. The summed E-state index contributed by atoms with van der Waals surface area (Å²) in [4.78, 5) is 7.19. The van der Waals surface area contributed by atoms with Gasteiger partial charge in [0.05, 0.1) is 78.5 Å². The van der Waals surface area contributed by atoms with Crippen molar-refractivity contribution < 1.29 is 4.74 Å². The zero-order chi connectivity index (χ0) is 86.1. The van der Waals surface area contributed by atoms with Crippen molar-refractivity contribution in [1.29, 1.82) is 5.26 Å². The van der Waals surface area contributed by atoms with E-state index in [2.05, 4.69) is 471 Å². The molecule has 0 fully saturated rings. The molecule has 610 valence electrons. The summed E-state index contributed by atoms with van der Waals surface area (Å²) in [6.45, 7) is 0. The van der Waals surface area contributed by atoms with Crippen LogP contribution in [-0.2, 0) is 0 Å². The summed E-state index contributed by atoms with van der Waals surface area (Å²) in [6.07, 6.45) is 0. The Morgan fingerprint density at radius 1 is 0.185 bits per heavy atom. The average molecular weight is 1680 g/mol. The minimum absolute atomic E-state index is 0.658. The maximum absolute atomic E-state index is 9.35. The van der Waals surface area contributed by atoms with Gasteiger partial charge in [-0.25, -0.2) is 0 Å². The minimum atomic E-state index is 0.658. The van der Waals surface area contributed by atoms with Crippen molar-refractivity contribution in [3.05, 3.63) is 485 Å². The molecule has 0 radical (unpaired) electrons. The van der Waals surface area contributed by atoms with Crippen LogP contribution in [0.1, 0.15) is 5.56 Å². The van der Waals surface area contributed by atoms with Crippen LogP contribution >= 0.6 is 11.8 Å². The molecule has 6 heterocycles. The molecule has 26 rings (SSSR count). The molecule has 9 heteroatoms. The molecule has 2 aliphatic rings. The molecule has 130 heavy (non-hydrogen) atoms. The van der Waals surface area contributed by atoms with E-state index in [-0.39, 0.29) is 0 Å². The fourth-order valence-electron chi connectivity index (χ4n) is 19.5. The standard InChI is InChI=1S/C49H31N3.C36H24N2O.C36H24N2S/c50-32-33-17-23-40(24-18-33)51-46-15-6-4-13-42(46)44-30-38(21-27-48(44)51)39-22-28-49-45(31-39)43-14-5-7-16-47(43)52(49)41-25-19-35(20-26-41)37-12-8-11-36(29-37)34-9-2-1-3-10-34;2*1-3-11-27(12-4-1)37-31-16-8-7-15-29(31)30-23-25(19-21-32(30)37)26-20-22-34-36(24-26)39-35-18-10-9-17-33(35)38(34)28-13-5-2-6-14-28/h1-31H;2*1-24H. The molecule has 0 atom stereocenters. The number of nitrogens with zero attached hydrogens (tertiary/aromatic N) is 7. The van der Waals surface area contributed by atoms with Gasteiger partial charge in [0.15, 0.2) is 11.5 Å². The predicted molar refractivity (Wildman–Crippen MR) is 542 cm³/mol. The molecule has 0 unspecified atom stereocenters. The van der Waals surface area contributed by atoms with Crippen LogP contribution in [0.2, 0.25) is 0 Å². The van der Waals surface area contributed by atoms with Crippen LogP contribution in [0.4, 0.5) is 34.1 Å². The van der Waals surface area contributed by atoms with Gasteiger partial charge in [-0.3, -0.25) is 0 Å². The van der Waals surface area contributed by atoms with Crippen molar-refractivity contribution in [2.75, 3.05) is 9.80 Å². The van der Waals surface area contributed by atoms with Gasteiger partial charge < -0.3 is 32.8 Å². The minimum Gasteiger partial charge on any atom is -0.453 e. The van der Waals surface area contributed by atoms with Gasteiger partial charge in [-0.1, -0.05) is 279 Å². The summed E-state index contributed by atoms with van der Waals surface area (Å²) in [5.41, 5.74) is 33.5. The molecule has 0 saturated heterocycles. The van der Waals surface area contributed by atoms with Crippen molar-refractivity contribution in [2.24, 2.45) is 0 Å². The lowest BCUT2D eigenvalue weighted by Crippen LogP contribution is -2.15. The van der Waals surface area contributed by atoms with Gasteiger partial charge in [-0.2, -0.15) is 5.26 Å². The number of anilines is 6. The van der Waals surface area contributed by atoms with E-state index >= 15 is 0 Å². The van der Waals surface area contributed by atoms with E-state index in [1.54, 1.807) is 0 Å². The largest absolute Gasteiger partial charge is 0.453 e. The highest BCUT2D eigenvalue weighted by Gasteiger charge is 2.29. The second-order valence-corrected chi connectivity index (χ2v) is 34.1. The monoisotopic (exact) mass is 1680 g/mol. The topological polar surface area (TPSA) is 59.2 Å². The van der Waals surface area contributed by atoms with E-state index in [4.69, 9.17) is 4.74 Å². The molecule has 0 bridgehead atoms. The summed E-state index contributed by atoms with van der Waals surface area (Å²) in [6, 6.07) is 173. The van der Waals surface area contributed by atoms with Gasteiger partial charge in [-0.15, -0.1) is 0 Å². The van der Waals surface area contributed by atoms with Crippen molar-refractivity contribution in [3.8, 4) is 96.0 Å². The normalized spacial score (nSPS) is 12.0. The van der Waals surface area contributed by atoms with E-state index < -0.39 is 0 Å². The fourth-order valence-corrected chi connectivity index (χ4v) is 20.6. The number of benzene rings is 20. The zero-order valence-corrected chi connectivity index (χ0v) is 71.4. The Morgan fingerprint density at radius 2 is 0.477 bits per heavy atom. The van der Waals surface area contributed by atoms with Crippen molar-refractivity contribution in [3.63, 3.8) is 0 Å². The molecular weight excluding hydrogens is 1600 g/mol. The lowest BCUT2D eigenvalue weighted by atomic mass is 9.99. The Labute approximate surface area is 756 Å². The molecule has 0 spiro atoms. The number of ether oxygens (including phenoxy) is 1. The molecule has 0 aliphatic carbocycles. The van der Waals surface area contributed by atoms with E-state index in [0.717, 1.165) is 62.1 Å². The summed E-state index contributed by atoms with van der Waals surface area (Å²) in [5, 5.41) is 19.3. The highest BCUT2D eigenvalue weighted by molar-refractivity contribution is 7.99. The van der Waals surface area contributed by atoms with Crippen molar-refractivity contribution >= 4 is 133 Å². The first-order valence-corrected chi connectivity index (χ1v) is 44.8. The highest BCUT2D eigenvalue weighted by Crippen LogP contribution is 2.55. The van der Waals surface area contributed by atoms with E-state index in [1.807, 2.05) is 54.2 Å². The third-order valence-electron chi connectivity index (χ3n) is 25.5. The first kappa shape index (κ1) is 76.5. The maximum atomic E-state index is 9.35. The number of hydrogen-bond acceptors (Lipinski definition) is 5. The first-order chi connectivity index (χ1) is 64.4. The summed E-state index contributed by atoms with van der Waals surface area (Å²) >= 11 is 1.85. The Hall–Kier alpha value is -17.2. The van der Waals surface area contributed by atoms with Crippen LogP contribution in [0.25, 0.3) is 166 Å². The number of nitriles is 1. The molecule has 20 aromatic carbocycles. The molecule has 8 nitrogen and oxygen atoms in total. The Morgan fingerprint density at radius 3 is 0.931 bits per heavy atom. The smallest absolute Gasteiger partial charge is 0.152 e. The van der Waals surface area contributed by atoms with Crippen LogP contribution in [-0.4, -0.2) is 18.3 Å². The zero-order valence-electron chi connectivity index (χ0n) is 70.6. The SMILES string of the molecule is N#Cc1ccc(-n2c3ccccc3c3cc(-c4ccc5c(c4)c4ccccc4n5-c4ccc(-c5cccc(-c6ccccc6)c5)cc4)ccc32)cc1.c1ccc(N2c3ccccc3Oc3cc(-c4ccc5c(c4)c4ccccc4n5-c4ccccc4)ccc32)cc1.c1ccc(N2c3ccccc3Sc3cc(-c4ccc5c(c4)c4ccccc4n5-c4ccccc4)ccc32)cc1. The van der Waals surface area contributed by atoms with E-state index in [9.17, 15) is 5.26 Å². The second-order valence-electron chi connectivity index (χ2n) is 33.0. The number of rotatable bonds is 11. The number of para-hydroxylation sites is 11. The lowest BCUT2D eigenvalue weighted by Gasteiger charge is -2.33. The van der Waals surface area contributed by atoms with Gasteiger partial charge in [-0.05, 0) is 268 Å². The number of hydrogen-bond donors (Lipinski definition) is 0.